The maximum absolute atomic E-state index is 13.0. The van der Waals surface area contributed by atoms with Gasteiger partial charge in [-0.05, 0) is 37.3 Å². The van der Waals surface area contributed by atoms with Gasteiger partial charge in [0.25, 0.3) is 5.91 Å². The summed E-state index contributed by atoms with van der Waals surface area (Å²) in [7, 11) is 3.43. The van der Waals surface area contributed by atoms with Crippen molar-refractivity contribution in [2.75, 3.05) is 20.6 Å². The largest absolute Gasteiger partial charge is 0.351 e. The van der Waals surface area contributed by atoms with Gasteiger partial charge in [-0.15, -0.1) is 0 Å². The molecule has 1 aliphatic carbocycles. The van der Waals surface area contributed by atoms with E-state index < -0.39 is 0 Å². The van der Waals surface area contributed by atoms with Crippen LogP contribution in [0, 0.1) is 5.92 Å². The molecule has 0 aliphatic heterocycles. The Morgan fingerprint density at radius 3 is 2.59 bits per heavy atom. The van der Waals surface area contributed by atoms with Crippen LogP contribution in [0.4, 0.5) is 4.79 Å². The van der Waals surface area contributed by atoms with Crippen molar-refractivity contribution in [1.82, 2.24) is 19.4 Å². The van der Waals surface area contributed by atoms with Gasteiger partial charge in [0.15, 0.2) is 0 Å². The van der Waals surface area contributed by atoms with Gasteiger partial charge in [-0.3, -0.25) is 9.36 Å². The summed E-state index contributed by atoms with van der Waals surface area (Å²) in [6, 6.07) is 9.81. The van der Waals surface area contributed by atoms with Gasteiger partial charge in [0.1, 0.15) is 5.69 Å². The van der Waals surface area contributed by atoms with Gasteiger partial charge in [0.05, 0.1) is 16.6 Å². The molecule has 1 saturated carbocycles. The molecule has 0 radical (unpaired) electrons. The van der Waals surface area contributed by atoms with E-state index in [1.807, 2.05) is 31.2 Å². The van der Waals surface area contributed by atoms with Gasteiger partial charge in [0.2, 0.25) is 0 Å². The molecule has 6 nitrogen and oxygen atoms in total. The second-order valence-electron chi connectivity index (χ2n) is 7.60. The molecule has 2 heterocycles. The topological polar surface area (TPSA) is 59.3 Å². The number of hydrogen-bond acceptors (Lipinski definition) is 2. The second kappa shape index (κ2) is 6.76. The molecule has 0 unspecified atom stereocenters. The van der Waals surface area contributed by atoms with E-state index in [1.165, 1.54) is 17.7 Å². The molecule has 1 aliphatic rings. The van der Waals surface area contributed by atoms with Crippen LogP contribution in [0.3, 0.4) is 0 Å². The van der Waals surface area contributed by atoms with E-state index in [-0.39, 0.29) is 11.9 Å². The van der Waals surface area contributed by atoms with E-state index in [4.69, 9.17) is 0 Å². The number of carbonyl (C=O) groups excluding carboxylic acids is 2. The SMILES string of the molecule is CCCNC(=O)c1cc2c(c3ccccc3n2CC2CC2)n1C(=O)N(C)C. The van der Waals surface area contributed by atoms with E-state index in [1.54, 1.807) is 18.7 Å². The molecule has 2 aromatic heterocycles. The lowest BCUT2D eigenvalue weighted by atomic mass is 10.2. The van der Waals surface area contributed by atoms with Crippen LogP contribution in [0.15, 0.2) is 30.3 Å². The number of benzene rings is 1. The zero-order valence-electron chi connectivity index (χ0n) is 16.2. The van der Waals surface area contributed by atoms with Crippen molar-refractivity contribution in [2.24, 2.45) is 5.92 Å². The first-order chi connectivity index (χ1) is 13.0. The van der Waals surface area contributed by atoms with Gasteiger partial charge >= 0.3 is 6.03 Å². The smallest absolute Gasteiger partial charge is 0.328 e. The average Bonchev–Trinajstić information content (AvgIpc) is 3.33. The lowest BCUT2D eigenvalue weighted by Gasteiger charge is -2.15. The van der Waals surface area contributed by atoms with Crippen molar-refractivity contribution in [2.45, 2.75) is 32.7 Å². The summed E-state index contributed by atoms with van der Waals surface area (Å²) in [5.74, 6) is 0.486. The summed E-state index contributed by atoms with van der Waals surface area (Å²) >= 11 is 0. The Morgan fingerprint density at radius 1 is 1.19 bits per heavy atom. The Kier molecular flexibility index (Phi) is 4.42. The maximum Gasteiger partial charge on any atom is 0.328 e. The van der Waals surface area contributed by atoms with Crippen LogP contribution in [0.25, 0.3) is 21.9 Å². The molecule has 0 saturated heterocycles. The quantitative estimate of drug-likeness (QED) is 0.749. The predicted molar refractivity (Wildman–Crippen MR) is 107 cm³/mol. The van der Waals surface area contributed by atoms with Crippen LogP contribution >= 0.6 is 0 Å². The number of nitrogens with one attached hydrogen (secondary N) is 1. The van der Waals surface area contributed by atoms with Crippen LogP contribution < -0.4 is 5.32 Å². The van der Waals surface area contributed by atoms with Crippen molar-refractivity contribution in [3.8, 4) is 0 Å². The lowest BCUT2D eigenvalue weighted by molar-refractivity contribution is 0.0945. The highest BCUT2D eigenvalue weighted by Gasteiger charge is 2.28. The van der Waals surface area contributed by atoms with E-state index in [2.05, 4.69) is 16.0 Å². The fourth-order valence-electron chi connectivity index (χ4n) is 3.65. The molecule has 1 fully saturated rings. The third kappa shape index (κ3) is 2.99. The Labute approximate surface area is 158 Å². The standard InChI is InChI=1S/C21H26N4O2/c1-4-11-22-20(26)18-12-17-19(25(18)21(27)23(2)3)15-7-5-6-8-16(15)24(17)13-14-9-10-14/h5-8,12,14H,4,9-11,13H2,1-3H3,(H,22,26). The Hall–Kier alpha value is -2.76. The van der Waals surface area contributed by atoms with Crippen LogP contribution in [-0.4, -0.2) is 46.6 Å². The second-order valence-corrected chi connectivity index (χ2v) is 7.60. The Morgan fingerprint density at radius 2 is 1.93 bits per heavy atom. The van der Waals surface area contributed by atoms with Crippen molar-refractivity contribution in [3.63, 3.8) is 0 Å². The molecule has 0 atom stereocenters. The van der Waals surface area contributed by atoms with Crippen molar-refractivity contribution in [3.05, 3.63) is 36.0 Å². The molecule has 1 aromatic carbocycles. The van der Waals surface area contributed by atoms with E-state index in [0.29, 0.717) is 18.2 Å². The van der Waals surface area contributed by atoms with E-state index in [0.717, 1.165) is 34.9 Å². The first-order valence-electron chi connectivity index (χ1n) is 9.65. The summed E-state index contributed by atoms with van der Waals surface area (Å²) in [6.45, 7) is 3.53. The first kappa shape index (κ1) is 17.6. The molecule has 0 bridgehead atoms. The maximum atomic E-state index is 13.0. The van der Waals surface area contributed by atoms with Crippen LogP contribution in [0.1, 0.15) is 36.7 Å². The van der Waals surface area contributed by atoms with Crippen molar-refractivity contribution >= 4 is 33.9 Å². The van der Waals surface area contributed by atoms with Gasteiger partial charge in [-0.25, -0.2) is 4.79 Å². The number of fused-ring (bicyclic) bond motifs is 3. The van der Waals surface area contributed by atoms with Crippen LogP contribution in [0.5, 0.6) is 0 Å². The number of rotatable bonds is 5. The number of aromatic nitrogens is 2. The third-order valence-corrected chi connectivity index (χ3v) is 5.20. The number of amides is 2. The third-order valence-electron chi connectivity index (χ3n) is 5.20. The summed E-state index contributed by atoms with van der Waals surface area (Å²) in [5, 5.41) is 3.93. The minimum absolute atomic E-state index is 0.203. The van der Waals surface area contributed by atoms with Gasteiger partial charge in [0, 0.05) is 32.6 Å². The van der Waals surface area contributed by atoms with E-state index >= 15 is 0 Å². The zero-order chi connectivity index (χ0) is 19.1. The number of para-hydroxylation sites is 1. The van der Waals surface area contributed by atoms with Crippen LogP contribution in [-0.2, 0) is 6.54 Å². The average molecular weight is 366 g/mol. The molecule has 3 aromatic rings. The Bertz CT molecular complexity index is 1020. The monoisotopic (exact) mass is 366 g/mol. The highest BCUT2D eigenvalue weighted by Crippen LogP contribution is 2.37. The molecule has 4 rings (SSSR count). The molecule has 142 valence electrons. The molecule has 0 spiro atoms. The molecule has 1 N–H and O–H groups in total. The molecular formula is C21H26N4O2. The van der Waals surface area contributed by atoms with Gasteiger partial charge < -0.3 is 14.8 Å². The van der Waals surface area contributed by atoms with Crippen molar-refractivity contribution < 1.29 is 9.59 Å². The number of nitrogens with zero attached hydrogens (tertiary/aromatic N) is 3. The summed E-state index contributed by atoms with van der Waals surface area (Å²) < 4.78 is 3.85. The van der Waals surface area contributed by atoms with Crippen molar-refractivity contribution in [1.29, 1.82) is 0 Å². The van der Waals surface area contributed by atoms with Crippen LogP contribution in [0.2, 0.25) is 0 Å². The van der Waals surface area contributed by atoms with Gasteiger partial charge in [-0.1, -0.05) is 25.1 Å². The molecule has 27 heavy (non-hydrogen) atoms. The minimum Gasteiger partial charge on any atom is -0.351 e. The summed E-state index contributed by atoms with van der Waals surface area (Å²) in [4.78, 5) is 27.3. The molecule has 6 heteroatoms. The number of hydrogen-bond donors (Lipinski definition) is 1. The normalized spacial score (nSPS) is 14.0. The lowest BCUT2D eigenvalue weighted by Crippen LogP contribution is -2.33. The predicted octanol–water partition coefficient (Wildman–Crippen LogP) is 3.68. The minimum atomic E-state index is -0.207. The summed E-state index contributed by atoms with van der Waals surface area (Å²) in [5.41, 5.74) is 3.31. The summed E-state index contributed by atoms with van der Waals surface area (Å²) in [6.07, 6.45) is 3.34. The highest BCUT2D eigenvalue weighted by atomic mass is 16.2. The fourth-order valence-corrected chi connectivity index (χ4v) is 3.65. The molecular weight excluding hydrogens is 340 g/mol. The van der Waals surface area contributed by atoms with Gasteiger partial charge in [-0.2, -0.15) is 0 Å². The highest BCUT2D eigenvalue weighted by molar-refractivity contribution is 6.14. The van der Waals surface area contributed by atoms with E-state index in [9.17, 15) is 9.59 Å². The number of carbonyl (C=O) groups is 2. The molecule has 2 amide bonds. The fraction of sp³-hybridized carbons (Fsp3) is 0.429. The Balaban J connectivity index is 1.98. The zero-order valence-corrected chi connectivity index (χ0v) is 16.2. The first-order valence-corrected chi connectivity index (χ1v) is 9.65.